The van der Waals surface area contributed by atoms with Gasteiger partial charge in [-0.2, -0.15) is 0 Å². The molecule has 4 aromatic rings. The molecule has 3 unspecified atom stereocenters. The Bertz CT molecular complexity index is 1400. The van der Waals surface area contributed by atoms with Crippen molar-refractivity contribution in [3.05, 3.63) is 114 Å². The van der Waals surface area contributed by atoms with Crippen LogP contribution in [0, 0.1) is 17.7 Å². The summed E-state index contributed by atoms with van der Waals surface area (Å²) in [6.45, 7) is 0.255. The van der Waals surface area contributed by atoms with Gasteiger partial charge in [0, 0.05) is 11.8 Å². The molecule has 0 saturated heterocycles. The largest absolute Gasteiger partial charge is 0.496 e. The Morgan fingerprint density at radius 2 is 1.38 bits per heavy atom. The number of hydrogen-bond donors (Lipinski definition) is 1. The van der Waals surface area contributed by atoms with Gasteiger partial charge in [0.05, 0.1) is 26.7 Å². The molecule has 0 radical (unpaired) electrons. The van der Waals surface area contributed by atoms with E-state index < -0.39 is 11.9 Å². The lowest BCUT2D eigenvalue weighted by molar-refractivity contribution is -0.152. The van der Waals surface area contributed by atoms with Crippen molar-refractivity contribution in [3.63, 3.8) is 0 Å². The van der Waals surface area contributed by atoms with Gasteiger partial charge in [0.25, 0.3) is 0 Å². The fraction of sp³-hybridized carbons (Fsp3) is 0.242. The van der Waals surface area contributed by atoms with Crippen molar-refractivity contribution >= 4 is 5.97 Å². The van der Waals surface area contributed by atoms with E-state index in [-0.39, 0.29) is 37.0 Å². The summed E-state index contributed by atoms with van der Waals surface area (Å²) >= 11 is 0. The van der Waals surface area contributed by atoms with Gasteiger partial charge in [-0.25, -0.2) is 4.39 Å². The molecule has 1 aliphatic carbocycles. The lowest BCUT2D eigenvalue weighted by atomic mass is 9.52. The van der Waals surface area contributed by atoms with Crippen molar-refractivity contribution < 1.29 is 33.2 Å². The fourth-order valence-electron chi connectivity index (χ4n) is 5.78. The number of hydrogen-bond acceptors (Lipinski definition) is 5. The third kappa shape index (κ3) is 5.51. The van der Waals surface area contributed by atoms with Gasteiger partial charge in [0.2, 0.25) is 0 Å². The molecule has 1 aliphatic rings. The average Bonchev–Trinajstić information content (AvgIpc) is 2.97. The topological polar surface area (TPSA) is 74.2 Å². The molecule has 0 aromatic heterocycles. The molecule has 0 heterocycles. The summed E-state index contributed by atoms with van der Waals surface area (Å²) in [6, 6.07) is 28.8. The smallest absolute Gasteiger partial charge is 0.307 e. The van der Waals surface area contributed by atoms with Crippen LogP contribution in [-0.2, 0) is 9.53 Å². The van der Waals surface area contributed by atoms with Crippen molar-refractivity contribution in [1.29, 1.82) is 0 Å². The highest BCUT2D eigenvalue weighted by Gasteiger charge is 2.56. The quantitative estimate of drug-likeness (QED) is 0.167. The number of carboxylic acids is 1. The predicted molar refractivity (Wildman–Crippen MR) is 149 cm³/mol. The maximum atomic E-state index is 13.3. The van der Waals surface area contributed by atoms with Crippen LogP contribution in [0.4, 0.5) is 4.39 Å². The highest BCUT2D eigenvalue weighted by molar-refractivity contribution is 5.76. The second-order valence-corrected chi connectivity index (χ2v) is 9.73. The number of aliphatic carboxylic acids is 1. The Morgan fingerprint density at radius 1 is 0.775 bits per heavy atom. The number of para-hydroxylation sites is 2. The lowest BCUT2D eigenvalue weighted by Crippen LogP contribution is -2.49. The van der Waals surface area contributed by atoms with Crippen LogP contribution < -0.4 is 14.2 Å². The molecule has 206 valence electrons. The molecule has 0 spiro atoms. The van der Waals surface area contributed by atoms with Crippen LogP contribution in [0.5, 0.6) is 17.2 Å². The number of methoxy groups -OCH3 is 2. The summed E-state index contributed by atoms with van der Waals surface area (Å²) in [5, 5.41) is 10.3. The third-order valence-electron chi connectivity index (χ3n) is 7.61. The van der Waals surface area contributed by atoms with E-state index in [1.807, 2.05) is 72.8 Å². The molecule has 40 heavy (non-hydrogen) atoms. The normalized spacial score (nSPS) is 19.9. The second kappa shape index (κ2) is 12.2. The van der Waals surface area contributed by atoms with E-state index in [2.05, 4.69) is 0 Å². The average molecular weight is 543 g/mol. The number of ether oxygens (including phenoxy) is 4. The molecular formula is C33H31FO6. The summed E-state index contributed by atoms with van der Waals surface area (Å²) in [7, 11) is 3.18. The molecule has 1 fully saturated rings. The van der Waals surface area contributed by atoms with Gasteiger partial charge in [-0.15, -0.1) is 0 Å². The van der Waals surface area contributed by atoms with E-state index >= 15 is 0 Å². The molecule has 5 rings (SSSR count). The maximum absolute atomic E-state index is 13.3. The van der Waals surface area contributed by atoms with Crippen LogP contribution >= 0.6 is 0 Å². The zero-order chi connectivity index (χ0) is 28.1. The van der Waals surface area contributed by atoms with Gasteiger partial charge in [-0.1, -0.05) is 60.7 Å². The van der Waals surface area contributed by atoms with Gasteiger partial charge in [-0.05, 0) is 64.6 Å². The number of carboxylic acid groups (broad SMARTS) is 1. The van der Waals surface area contributed by atoms with Gasteiger partial charge in [0.1, 0.15) is 23.1 Å². The van der Waals surface area contributed by atoms with E-state index in [4.69, 9.17) is 18.9 Å². The molecule has 1 N–H and O–H groups in total. The number of benzene rings is 4. The molecule has 1 saturated carbocycles. The van der Waals surface area contributed by atoms with Gasteiger partial charge >= 0.3 is 5.97 Å². The summed E-state index contributed by atoms with van der Waals surface area (Å²) in [5.41, 5.74) is 3.45. The first kappa shape index (κ1) is 27.2. The SMILES string of the molecule is COc1ccccc1C1C(COCOc2cccc(-c3ccc(F)cc3)c2)[C@H](c2ccccc2OC)C1C(=O)O. The number of carbonyl (C=O) groups is 1. The lowest BCUT2D eigenvalue weighted by Gasteiger charge is -2.50. The first-order chi connectivity index (χ1) is 19.5. The molecule has 7 heteroatoms. The van der Waals surface area contributed by atoms with Crippen LogP contribution in [0.2, 0.25) is 0 Å². The standard InChI is InChI=1S/C33H31FO6/c1-37-28-12-5-3-10-25(28)30-27(31(32(30)33(35)36)26-11-4-6-13-29(26)38-2)19-39-20-40-24-9-7-8-22(18-24)21-14-16-23(34)17-15-21/h3-18,27,30-32H,19-20H2,1-2H3,(H,35,36)/t27?,30-,31?,32?/m0/s1. The van der Waals surface area contributed by atoms with E-state index in [0.717, 1.165) is 22.3 Å². The van der Waals surface area contributed by atoms with Crippen molar-refractivity contribution in [2.75, 3.05) is 27.6 Å². The second-order valence-electron chi connectivity index (χ2n) is 9.73. The zero-order valence-electron chi connectivity index (χ0n) is 22.3. The molecule has 0 aliphatic heterocycles. The Labute approximate surface area is 232 Å². The highest BCUT2D eigenvalue weighted by atomic mass is 19.1. The Morgan fingerprint density at radius 3 is 1.95 bits per heavy atom. The van der Waals surface area contributed by atoms with Gasteiger partial charge in [-0.3, -0.25) is 4.79 Å². The Hall–Kier alpha value is -4.36. The molecule has 4 atom stereocenters. The van der Waals surface area contributed by atoms with Crippen LogP contribution in [0.1, 0.15) is 23.0 Å². The van der Waals surface area contributed by atoms with E-state index in [0.29, 0.717) is 17.2 Å². The monoisotopic (exact) mass is 542 g/mol. The van der Waals surface area contributed by atoms with Crippen LogP contribution in [0.15, 0.2) is 97.1 Å². The van der Waals surface area contributed by atoms with Gasteiger partial charge < -0.3 is 24.1 Å². The molecule has 0 amide bonds. The molecule has 0 bridgehead atoms. The van der Waals surface area contributed by atoms with Crippen molar-refractivity contribution in [2.45, 2.75) is 11.8 Å². The predicted octanol–water partition coefficient (Wildman–Crippen LogP) is 6.76. The van der Waals surface area contributed by atoms with E-state index in [1.165, 1.54) is 12.1 Å². The first-order valence-electron chi connectivity index (χ1n) is 13.1. The van der Waals surface area contributed by atoms with E-state index in [9.17, 15) is 14.3 Å². The molecule has 6 nitrogen and oxygen atoms in total. The third-order valence-corrected chi connectivity index (χ3v) is 7.61. The maximum Gasteiger partial charge on any atom is 0.307 e. The molecular weight excluding hydrogens is 511 g/mol. The van der Waals surface area contributed by atoms with Crippen molar-refractivity contribution in [2.24, 2.45) is 11.8 Å². The number of halogens is 1. The zero-order valence-corrected chi connectivity index (χ0v) is 22.3. The van der Waals surface area contributed by atoms with Crippen LogP contribution in [0.3, 0.4) is 0 Å². The van der Waals surface area contributed by atoms with Crippen LogP contribution in [0.25, 0.3) is 11.1 Å². The Kier molecular flexibility index (Phi) is 8.31. The van der Waals surface area contributed by atoms with Crippen LogP contribution in [-0.4, -0.2) is 38.7 Å². The molecule has 4 aromatic carbocycles. The Balaban J connectivity index is 1.36. The van der Waals surface area contributed by atoms with Crippen molar-refractivity contribution in [1.82, 2.24) is 0 Å². The minimum absolute atomic E-state index is 0.0155. The van der Waals surface area contributed by atoms with Gasteiger partial charge in [0.15, 0.2) is 6.79 Å². The minimum Gasteiger partial charge on any atom is -0.496 e. The van der Waals surface area contributed by atoms with Crippen molar-refractivity contribution in [3.8, 4) is 28.4 Å². The summed E-state index contributed by atoms with van der Waals surface area (Å²) in [5.74, 6) is -0.762. The first-order valence-corrected chi connectivity index (χ1v) is 13.1. The minimum atomic E-state index is -0.878. The highest BCUT2D eigenvalue weighted by Crippen LogP contribution is 2.60. The fourth-order valence-corrected chi connectivity index (χ4v) is 5.78. The summed E-state index contributed by atoms with van der Waals surface area (Å²) in [6.07, 6.45) is 0. The number of rotatable bonds is 11. The van der Waals surface area contributed by atoms with E-state index in [1.54, 1.807) is 26.4 Å². The summed E-state index contributed by atoms with van der Waals surface area (Å²) < 4.78 is 36.4. The summed E-state index contributed by atoms with van der Waals surface area (Å²) in [4.78, 5) is 12.6.